The molecule has 3 rings (SSSR count). The van der Waals surface area contributed by atoms with Gasteiger partial charge < -0.3 is 19.7 Å². The molecule has 2 N–H and O–H groups in total. The lowest BCUT2D eigenvalue weighted by Crippen LogP contribution is -2.28. The number of carbonyl (C=O) groups excluding carboxylic acids is 1. The quantitative estimate of drug-likeness (QED) is 0.652. The van der Waals surface area contributed by atoms with E-state index in [2.05, 4.69) is 10.5 Å². The summed E-state index contributed by atoms with van der Waals surface area (Å²) in [6.07, 6.45) is -0.915. The second-order valence-corrected chi connectivity index (χ2v) is 6.39. The maximum absolute atomic E-state index is 12.9. The molecule has 1 heterocycles. The zero-order valence-electron chi connectivity index (χ0n) is 15.6. The van der Waals surface area contributed by atoms with Crippen molar-refractivity contribution >= 4 is 5.91 Å². The normalized spacial score (nSPS) is 11.9. The van der Waals surface area contributed by atoms with Crippen LogP contribution in [0.1, 0.15) is 39.0 Å². The Hall–Kier alpha value is -3.19. The number of hydrogen-bond acceptors (Lipinski definition) is 5. The summed E-state index contributed by atoms with van der Waals surface area (Å²) < 4.78 is 23.7. The van der Waals surface area contributed by atoms with E-state index in [4.69, 9.17) is 9.26 Å². The number of aryl methyl sites for hydroxylation is 2. The highest BCUT2D eigenvalue weighted by Gasteiger charge is 2.12. The van der Waals surface area contributed by atoms with E-state index in [0.717, 1.165) is 11.3 Å². The average Bonchev–Trinajstić information content (AvgIpc) is 3.02. The minimum atomic E-state index is -0.915. The van der Waals surface area contributed by atoms with Gasteiger partial charge in [0.05, 0.1) is 17.4 Å². The number of aliphatic hydroxyl groups excluding tert-OH is 1. The van der Waals surface area contributed by atoms with E-state index in [1.54, 1.807) is 24.3 Å². The third kappa shape index (κ3) is 4.75. The molecule has 0 spiro atoms. The fourth-order valence-electron chi connectivity index (χ4n) is 2.66. The Bertz CT molecular complexity index is 917. The number of amides is 1. The van der Waals surface area contributed by atoms with Gasteiger partial charge in [-0.1, -0.05) is 17.3 Å². The molecule has 7 heteroatoms. The van der Waals surface area contributed by atoms with E-state index < -0.39 is 6.10 Å². The Morgan fingerprint density at radius 1 is 1.18 bits per heavy atom. The van der Waals surface area contributed by atoms with E-state index in [-0.39, 0.29) is 18.3 Å². The summed E-state index contributed by atoms with van der Waals surface area (Å²) in [6, 6.07) is 12.2. The van der Waals surface area contributed by atoms with Gasteiger partial charge in [0.15, 0.2) is 0 Å². The summed E-state index contributed by atoms with van der Waals surface area (Å²) in [4.78, 5) is 12.2. The van der Waals surface area contributed by atoms with E-state index >= 15 is 0 Å². The smallest absolute Gasteiger partial charge is 0.251 e. The third-order valence-corrected chi connectivity index (χ3v) is 4.39. The van der Waals surface area contributed by atoms with Gasteiger partial charge in [-0.05, 0) is 55.8 Å². The maximum atomic E-state index is 12.9. The second kappa shape index (κ2) is 8.67. The van der Waals surface area contributed by atoms with Gasteiger partial charge in [-0.3, -0.25) is 4.79 Å². The molecule has 28 heavy (non-hydrogen) atoms. The van der Waals surface area contributed by atoms with Gasteiger partial charge in [-0.25, -0.2) is 4.39 Å². The van der Waals surface area contributed by atoms with Crippen LogP contribution in [0.5, 0.6) is 5.75 Å². The van der Waals surface area contributed by atoms with Crippen LogP contribution in [0.2, 0.25) is 0 Å². The van der Waals surface area contributed by atoms with Crippen LogP contribution >= 0.6 is 0 Å². The summed E-state index contributed by atoms with van der Waals surface area (Å²) in [6.45, 7) is 4.03. The largest absolute Gasteiger partial charge is 0.489 e. The second-order valence-electron chi connectivity index (χ2n) is 6.39. The van der Waals surface area contributed by atoms with Crippen molar-refractivity contribution in [3.8, 4) is 5.75 Å². The zero-order chi connectivity index (χ0) is 20.1. The van der Waals surface area contributed by atoms with E-state index in [1.165, 1.54) is 24.3 Å². The van der Waals surface area contributed by atoms with Crippen LogP contribution in [-0.4, -0.2) is 22.7 Å². The zero-order valence-corrected chi connectivity index (χ0v) is 15.6. The third-order valence-electron chi connectivity index (χ3n) is 4.39. The summed E-state index contributed by atoms with van der Waals surface area (Å²) in [7, 11) is 0. The average molecular weight is 384 g/mol. The van der Waals surface area contributed by atoms with Gasteiger partial charge in [0.2, 0.25) is 0 Å². The molecule has 0 aliphatic carbocycles. The molecule has 2 aromatic carbocycles. The minimum Gasteiger partial charge on any atom is -0.489 e. The molecule has 1 aromatic heterocycles. The topological polar surface area (TPSA) is 84.6 Å². The molecule has 1 unspecified atom stereocenters. The van der Waals surface area contributed by atoms with Crippen molar-refractivity contribution in [2.24, 2.45) is 0 Å². The summed E-state index contributed by atoms with van der Waals surface area (Å²) in [5.74, 6) is 0.631. The maximum Gasteiger partial charge on any atom is 0.251 e. The van der Waals surface area contributed by atoms with Gasteiger partial charge in [0.1, 0.15) is 23.9 Å². The number of aliphatic hydroxyl groups is 1. The van der Waals surface area contributed by atoms with Crippen molar-refractivity contribution in [3.63, 3.8) is 0 Å². The van der Waals surface area contributed by atoms with Crippen molar-refractivity contribution in [1.82, 2.24) is 10.5 Å². The lowest BCUT2D eigenvalue weighted by Gasteiger charge is -2.12. The molecular formula is C21H21FN2O4. The van der Waals surface area contributed by atoms with Gasteiger partial charge >= 0.3 is 0 Å². The van der Waals surface area contributed by atoms with Gasteiger partial charge in [-0.15, -0.1) is 0 Å². The number of halogens is 1. The Kier molecular flexibility index (Phi) is 6.06. The van der Waals surface area contributed by atoms with Crippen molar-refractivity contribution in [2.75, 3.05) is 6.54 Å². The number of carbonyl (C=O) groups is 1. The Labute approximate surface area is 161 Å². The van der Waals surface area contributed by atoms with Crippen LogP contribution in [-0.2, 0) is 6.61 Å². The number of benzene rings is 2. The van der Waals surface area contributed by atoms with Crippen molar-refractivity contribution in [2.45, 2.75) is 26.6 Å². The Morgan fingerprint density at radius 3 is 2.46 bits per heavy atom. The Balaban J connectivity index is 1.52. The molecule has 1 atom stereocenters. The molecule has 0 aliphatic heterocycles. The highest BCUT2D eigenvalue weighted by atomic mass is 19.1. The predicted molar refractivity (Wildman–Crippen MR) is 100 cm³/mol. The summed E-state index contributed by atoms with van der Waals surface area (Å²) in [5, 5.41) is 16.6. The molecular weight excluding hydrogens is 363 g/mol. The molecule has 0 saturated carbocycles. The first kappa shape index (κ1) is 19.6. The molecule has 0 saturated heterocycles. The number of nitrogens with one attached hydrogen (secondary N) is 1. The lowest BCUT2D eigenvalue weighted by atomic mass is 10.1. The van der Waals surface area contributed by atoms with Gasteiger partial charge in [0.25, 0.3) is 5.91 Å². The van der Waals surface area contributed by atoms with Crippen LogP contribution in [0.15, 0.2) is 53.1 Å². The molecule has 0 bridgehead atoms. The Morgan fingerprint density at radius 2 is 1.86 bits per heavy atom. The lowest BCUT2D eigenvalue weighted by molar-refractivity contribution is 0.0916. The number of aromatic nitrogens is 1. The number of nitrogens with zero attached hydrogens (tertiary/aromatic N) is 1. The van der Waals surface area contributed by atoms with Crippen molar-refractivity contribution < 1.29 is 23.6 Å². The molecule has 1 amide bonds. The van der Waals surface area contributed by atoms with Crippen LogP contribution < -0.4 is 10.1 Å². The number of ether oxygens (including phenoxy) is 1. The highest BCUT2D eigenvalue weighted by Crippen LogP contribution is 2.18. The number of hydrogen-bond donors (Lipinski definition) is 2. The van der Waals surface area contributed by atoms with Gasteiger partial charge in [-0.2, -0.15) is 0 Å². The van der Waals surface area contributed by atoms with E-state index in [1.807, 2.05) is 13.8 Å². The van der Waals surface area contributed by atoms with Crippen LogP contribution in [0.4, 0.5) is 4.39 Å². The fourth-order valence-corrected chi connectivity index (χ4v) is 2.66. The highest BCUT2D eigenvalue weighted by molar-refractivity contribution is 5.94. The minimum absolute atomic E-state index is 0.0226. The first-order chi connectivity index (χ1) is 13.4. The molecule has 0 radical (unpaired) electrons. The van der Waals surface area contributed by atoms with Crippen molar-refractivity contribution in [3.05, 3.63) is 82.5 Å². The summed E-state index contributed by atoms with van der Waals surface area (Å²) >= 11 is 0. The van der Waals surface area contributed by atoms with E-state index in [0.29, 0.717) is 29.2 Å². The first-order valence-corrected chi connectivity index (χ1v) is 8.80. The molecule has 0 aliphatic rings. The SMILES string of the molecule is Cc1noc(C)c1COc1ccc(C(=O)NCC(O)c2ccc(F)cc2)cc1. The van der Waals surface area contributed by atoms with Crippen LogP contribution in [0.25, 0.3) is 0 Å². The molecule has 146 valence electrons. The molecule has 3 aromatic rings. The van der Waals surface area contributed by atoms with Crippen LogP contribution in [0, 0.1) is 19.7 Å². The van der Waals surface area contributed by atoms with Gasteiger partial charge in [0, 0.05) is 12.1 Å². The number of rotatable bonds is 7. The fraction of sp³-hybridized carbons (Fsp3) is 0.238. The monoisotopic (exact) mass is 384 g/mol. The van der Waals surface area contributed by atoms with Crippen LogP contribution in [0.3, 0.4) is 0 Å². The first-order valence-electron chi connectivity index (χ1n) is 8.80. The van der Waals surface area contributed by atoms with E-state index in [9.17, 15) is 14.3 Å². The molecule has 0 fully saturated rings. The predicted octanol–water partition coefficient (Wildman–Crippen LogP) is 3.47. The standard InChI is InChI=1S/C21H21FN2O4/c1-13-19(14(2)28-24-13)12-27-18-9-5-16(6-10-18)21(26)23-11-20(25)15-3-7-17(22)8-4-15/h3-10,20,25H,11-12H2,1-2H3,(H,23,26). The van der Waals surface area contributed by atoms with Crippen molar-refractivity contribution in [1.29, 1.82) is 0 Å². The summed E-state index contributed by atoms with van der Waals surface area (Å²) in [5.41, 5.74) is 2.66. The molecule has 6 nitrogen and oxygen atoms in total.